The van der Waals surface area contributed by atoms with Crippen molar-refractivity contribution in [3.8, 4) is 5.75 Å². The van der Waals surface area contributed by atoms with Gasteiger partial charge in [0.2, 0.25) is 0 Å². The second kappa shape index (κ2) is 11.6. The fourth-order valence-corrected chi connectivity index (χ4v) is 3.97. The molecule has 0 atom stereocenters. The van der Waals surface area contributed by atoms with Crippen LogP contribution in [0.3, 0.4) is 0 Å². The molecule has 0 saturated heterocycles. The summed E-state index contributed by atoms with van der Waals surface area (Å²) in [5.74, 6) is 1.95. The first-order valence-corrected chi connectivity index (χ1v) is 11.8. The lowest BCUT2D eigenvalue weighted by Gasteiger charge is -2.29. The maximum absolute atomic E-state index is 13.6. The molecule has 0 unspecified atom stereocenters. The van der Waals surface area contributed by atoms with Crippen LogP contribution >= 0.6 is 11.8 Å². The Morgan fingerprint density at radius 3 is 2.87 bits per heavy atom. The number of carbonyl (C=O) groups excluding carboxylic acids is 1. The lowest BCUT2D eigenvalue weighted by atomic mass is 10.1. The number of rotatable bonds is 9. The van der Waals surface area contributed by atoms with Crippen molar-refractivity contribution in [2.45, 2.75) is 25.6 Å². The maximum Gasteiger partial charge on any atom is 0.265 e. The summed E-state index contributed by atoms with van der Waals surface area (Å²) in [5, 5.41) is 6.56. The van der Waals surface area contributed by atoms with Gasteiger partial charge >= 0.3 is 0 Å². The number of guanidine groups is 1. The molecule has 0 aromatic heterocycles. The van der Waals surface area contributed by atoms with E-state index >= 15 is 0 Å². The van der Waals surface area contributed by atoms with Gasteiger partial charge in [0.05, 0.1) is 12.2 Å². The Bertz CT molecular complexity index is 922. The lowest BCUT2D eigenvalue weighted by Crippen LogP contribution is -2.42. The molecule has 1 amide bonds. The number of ether oxygens (including phenoxy) is 1. The molecule has 2 aromatic carbocycles. The molecule has 0 radical (unpaired) electrons. The van der Waals surface area contributed by atoms with E-state index in [1.54, 1.807) is 28.8 Å². The predicted molar refractivity (Wildman–Crippen MR) is 125 cm³/mol. The minimum atomic E-state index is -0.221. The molecule has 0 spiro atoms. The number of hydrogen-bond donors (Lipinski definition) is 2. The van der Waals surface area contributed by atoms with Gasteiger partial charge in [-0.1, -0.05) is 18.2 Å². The van der Waals surface area contributed by atoms with Crippen molar-refractivity contribution < 1.29 is 13.9 Å². The molecule has 2 aromatic rings. The topological polar surface area (TPSA) is 66.0 Å². The summed E-state index contributed by atoms with van der Waals surface area (Å²) in [6, 6.07) is 12.5. The Morgan fingerprint density at radius 2 is 2.06 bits per heavy atom. The molecule has 6 nitrogen and oxygen atoms in total. The average Bonchev–Trinajstić information content (AvgIpc) is 2.77. The van der Waals surface area contributed by atoms with Crippen LogP contribution in [0.5, 0.6) is 5.75 Å². The number of amides is 1. The second-order valence-corrected chi connectivity index (χ2v) is 7.99. The summed E-state index contributed by atoms with van der Waals surface area (Å²) in [5.41, 5.74) is 2.80. The summed E-state index contributed by atoms with van der Waals surface area (Å²) in [7, 11) is 0. The predicted octanol–water partition coefficient (Wildman–Crippen LogP) is 3.56. The zero-order valence-corrected chi connectivity index (χ0v) is 18.8. The molecule has 1 aliphatic rings. The Balaban J connectivity index is 1.56. The second-order valence-electron chi connectivity index (χ2n) is 7.12. The van der Waals surface area contributed by atoms with E-state index in [9.17, 15) is 9.18 Å². The van der Waals surface area contributed by atoms with E-state index in [1.165, 1.54) is 6.07 Å². The smallest absolute Gasteiger partial charge is 0.265 e. The van der Waals surface area contributed by atoms with Crippen molar-refractivity contribution in [3.63, 3.8) is 0 Å². The number of anilines is 1. The van der Waals surface area contributed by atoms with E-state index in [1.807, 2.05) is 37.4 Å². The van der Waals surface area contributed by atoms with Gasteiger partial charge in [-0.3, -0.25) is 4.79 Å². The van der Waals surface area contributed by atoms with Crippen molar-refractivity contribution in [1.82, 2.24) is 10.6 Å². The lowest BCUT2D eigenvalue weighted by molar-refractivity contribution is -0.121. The van der Waals surface area contributed by atoms with Crippen LogP contribution in [0.1, 0.15) is 24.5 Å². The highest BCUT2D eigenvalue weighted by atomic mass is 32.2. The van der Waals surface area contributed by atoms with Crippen LogP contribution in [0.4, 0.5) is 10.1 Å². The fraction of sp³-hybridized carbons (Fsp3) is 0.391. The number of thioether (sulfide) groups is 1. The van der Waals surface area contributed by atoms with Gasteiger partial charge in [-0.25, -0.2) is 9.38 Å². The van der Waals surface area contributed by atoms with Gasteiger partial charge in [-0.05, 0) is 55.0 Å². The molecule has 0 aliphatic carbocycles. The normalized spacial score (nSPS) is 13.6. The maximum atomic E-state index is 13.6. The molecular weight excluding hydrogens is 415 g/mol. The molecule has 2 N–H and O–H groups in total. The molecule has 1 heterocycles. The largest absolute Gasteiger partial charge is 0.482 e. The minimum absolute atomic E-state index is 0.0306. The molecule has 0 fully saturated rings. The van der Waals surface area contributed by atoms with E-state index in [2.05, 4.69) is 15.6 Å². The minimum Gasteiger partial charge on any atom is -0.482 e. The van der Waals surface area contributed by atoms with Gasteiger partial charge in [-0.2, -0.15) is 11.8 Å². The third kappa shape index (κ3) is 6.37. The highest BCUT2D eigenvalue weighted by Gasteiger charge is 2.24. The summed E-state index contributed by atoms with van der Waals surface area (Å²) < 4.78 is 19.1. The zero-order chi connectivity index (χ0) is 22.1. The van der Waals surface area contributed by atoms with Gasteiger partial charge in [-0.15, -0.1) is 0 Å². The number of aliphatic imine (C=N–C) groups is 1. The molecule has 31 heavy (non-hydrogen) atoms. The molecule has 3 rings (SSSR count). The third-order valence-corrected chi connectivity index (χ3v) is 5.48. The first-order chi connectivity index (χ1) is 15.1. The van der Waals surface area contributed by atoms with E-state index in [-0.39, 0.29) is 18.3 Å². The molecular formula is C23H29FN4O2S. The summed E-state index contributed by atoms with van der Waals surface area (Å²) in [4.78, 5) is 18.7. The van der Waals surface area contributed by atoms with Gasteiger partial charge < -0.3 is 20.3 Å². The van der Waals surface area contributed by atoms with Crippen LogP contribution in [-0.2, 0) is 17.1 Å². The molecule has 0 saturated carbocycles. The van der Waals surface area contributed by atoms with Crippen molar-refractivity contribution in [2.75, 3.05) is 37.4 Å². The number of para-hydroxylation sites is 2. The fourth-order valence-electron chi connectivity index (χ4n) is 3.39. The van der Waals surface area contributed by atoms with Gasteiger partial charge in [0.1, 0.15) is 11.6 Å². The standard InChI is InChI=1S/C23H29FN4O2S/c1-3-25-23(27-14-17-9-10-19(24)13-18(17)16-31-2)26-11-6-12-28-20-7-4-5-8-21(20)30-15-22(28)29/h4-5,7-10,13H,3,6,11-12,14-16H2,1-2H3,(H2,25,26,27). The van der Waals surface area contributed by atoms with Crippen LogP contribution in [0.2, 0.25) is 0 Å². The number of halogens is 1. The molecule has 0 bridgehead atoms. The average molecular weight is 445 g/mol. The Kier molecular flexibility index (Phi) is 8.58. The van der Waals surface area contributed by atoms with E-state index in [0.717, 1.165) is 41.3 Å². The van der Waals surface area contributed by atoms with Crippen LogP contribution in [-0.4, -0.2) is 44.4 Å². The summed E-state index contributed by atoms with van der Waals surface area (Å²) in [6.07, 6.45) is 2.76. The quantitative estimate of drug-likeness (QED) is 0.352. The van der Waals surface area contributed by atoms with Crippen LogP contribution < -0.4 is 20.3 Å². The molecule has 8 heteroatoms. The summed E-state index contributed by atoms with van der Waals surface area (Å²) in [6.45, 7) is 4.56. The van der Waals surface area contributed by atoms with E-state index in [0.29, 0.717) is 25.6 Å². The van der Waals surface area contributed by atoms with E-state index in [4.69, 9.17) is 4.74 Å². The Morgan fingerprint density at radius 1 is 1.23 bits per heavy atom. The van der Waals surface area contributed by atoms with Crippen LogP contribution in [0.15, 0.2) is 47.5 Å². The highest BCUT2D eigenvalue weighted by Crippen LogP contribution is 2.31. The van der Waals surface area contributed by atoms with Crippen molar-refractivity contribution in [2.24, 2.45) is 4.99 Å². The first-order valence-electron chi connectivity index (χ1n) is 10.4. The number of hydrogen-bond acceptors (Lipinski definition) is 4. The number of benzene rings is 2. The number of fused-ring (bicyclic) bond motifs is 1. The highest BCUT2D eigenvalue weighted by molar-refractivity contribution is 7.97. The van der Waals surface area contributed by atoms with Crippen molar-refractivity contribution in [3.05, 3.63) is 59.4 Å². The monoisotopic (exact) mass is 444 g/mol. The van der Waals surface area contributed by atoms with Gasteiger partial charge in [0, 0.05) is 25.4 Å². The van der Waals surface area contributed by atoms with Gasteiger partial charge in [0.25, 0.3) is 5.91 Å². The van der Waals surface area contributed by atoms with Crippen molar-refractivity contribution >= 4 is 29.3 Å². The summed E-state index contributed by atoms with van der Waals surface area (Å²) >= 11 is 1.66. The van der Waals surface area contributed by atoms with Gasteiger partial charge in [0.15, 0.2) is 12.6 Å². The third-order valence-electron chi connectivity index (χ3n) is 4.88. The number of carbonyl (C=O) groups is 1. The molecule has 166 valence electrons. The number of nitrogens with zero attached hydrogens (tertiary/aromatic N) is 2. The van der Waals surface area contributed by atoms with Crippen molar-refractivity contribution in [1.29, 1.82) is 0 Å². The van der Waals surface area contributed by atoms with Crippen LogP contribution in [0.25, 0.3) is 0 Å². The number of nitrogens with one attached hydrogen (secondary N) is 2. The SMILES string of the molecule is CCNC(=NCc1ccc(F)cc1CSC)NCCCN1C(=O)COc2ccccc21. The van der Waals surface area contributed by atoms with Crippen LogP contribution in [0, 0.1) is 5.82 Å². The first kappa shape index (κ1) is 22.9. The zero-order valence-electron chi connectivity index (χ0n) is 18.0. The Hall–Kier alpha value is -2.74. The molecule has 1 aliphatic heterocycles. The Labute approximate surface area is 187 Å². The van der Waals surface area contributed by atoms with E-state index < -0.39 is 0 Å².